The summed E-state index contributed by atoms with van der Waals surface area (Å²) in [6.45, 7) is 8.31. The van der Waals surface area contributed by atoms with Crippen molar-refractivity contribution in [1.29, 1.82) is 0 Å². The van der Waals surface area contributed by atoms with E-state index in [1.807, 2.05) is 29.2 Å². The second-order valence-electron chi connectivity index (χ2n) is 7.04. The number of nitrogens with zero attached hydrogens (tertiary/aromatic N) is 1. The molecule has 21 heavy (non-hydrogen) atoms. The Balaban J connectivity index is 2.26. The number of urea groups is 1. The van der Waals surface area contributed by atoms with Gasteiger partial charge < -0.3 is 16.0 Å². The maximum absolute atomic E-state index is 12.8. The third-order valence-corrected chi connectivity index (χ3v) is 4.74. The molecule has 0 unspecified atom stereocenters. The van der Waals surface area contributed by atoms with Crippen LogP contribution in [0.5, 0.6) is 0 Å². The first-order valence-corrected chi connectivity index (χ1v) is 8.04. The van der Waals surface area contributed by atoms with E-state index in [0.717, 1.165) is 23.0 Å². The second-order valence-corrected chi connectivity index (χ2v) is 7.89. The number of piperidine rings is 1. The molecule has 5 heteroatoms. The number of likely N-dealkylation sites (tertiary alicyclic amines) is 1. The summed E-state index contributed by atoms with van der Waals surface area (Å²) in [4.78, 5) is 14.7. The summed E-state index contributed by atoms with van der Waals surface area (Å²) in [6.07, 6.45) is 1.61. The number of amides is 2. The number of hydrogen-bond acceptors (Lipinski definition) is 2. The Morgan fingerprint density at radius 1 is 1.24 bits per heavy atom. The van der Waals surface area contributed by atoms with E-state index in [2.05, 4.69) is 48.9 Å². The van der Waals surface area contributed by atoms with Crippen LogP contribution < -0.4 is 11.1 Å². The van der Waals surface area contributed by atoms with Crippen molar-refractivity contribution in [2.75, 3.05) is 5.32 Å². The predicted molar refractivity (Wildman–Crippen MR) is 90.4 cm³/mol. The van der Waals surface area contributed by atoms with Gasteiger partial charge in [0.25, 0.3) is 0 Å². The molecule has 2 rings (SSSR count). The minimum Gasteiger partial charge on any atom is -0.328 e. The van der Waals surface area contributed by atoms with E-state index >= 15 is 0 Å². The summed E-state index contributed by atoms with van der Waals surface area (Å²) in [5.41, 5.74) is 6.40. The van der Waals surface area contributed by atoms with E-state index in [4.69, 9.17) is 5.73 Å². The standard InChI is InChI=1S/C16H24BrN3O/c1-15(2)9-11(18)10-16(3,4)20(15)14(21)19-13-8-6-5-7-12(13)17/h5-8,11H,9-10,18H2,1-4H3,(H,19,21). The lowest BCUT2D eigenvalue weighted by Crippen LogP contribution is -2.66. The number of carbonyl (C=O) groups excluding carboxylic acids is 1. The summed E-state index contributed by atoms with van der Waals surface area (Å²) in [7, 11) is 0. The highest BCUT2D eigenvalue weighted by atomic mass is 79.9. The van der Waals surface area contributed by atoms with Crippen molar-refractivity contribution in [3.8, 4) is 0 Å². The summed E-state index contributed by atoms with van der Waals surface area (Å²) >= 11 is 3.46. The van der Waals surface area contributed by atoms with Crippen LogP contribution in [0.3, 0.4) is 0 Å². The Kier molecular flexibility index (Phi) is 4.36. The van der Waals surface area contributed by atoms with Crippen LogP contribution >= 0.6 is 15.9 Å². The molecule has 1 fully saturated rings. The Morgan fingerprint density at radius 3 is 2.29 bits per heavy atom. The summed E-state index contributed by atoms with van der Waals surface area (Å²) in [5, 5.41) is 3.01. The highest BCUT2D eigenvalue weighted by Gasteiger charge is 2.47. The summed E-state index contributed by atoms with van der Waals surface area (Å²) in [6, 6.07) is 7.68. The van der Waals surface area contributed by atoms with Crippen LogP contribution in [-0.4, -0.2) is 28.1 Å². The fraction of sp³-hybridized carbons (Fsp3) is 0.562. The second kappa shape index (κ2) is 5.61. The number of para-hydroxylation sites is 1. The number of anilines is 1. The lowest BCUT2D eigenvalue weighted by atomic mass is 9.77. The average molecular weight is 354 g/mol. The third-order valence-electron chi connectivity index (χ3n) is 4.05. The van der Waals surface area contributed by atoms with Crippen molar-refractivity contribution >= 4 is 27.6 Å². The first-order chi connectivity index (χ1) is 9.63. The molecule has 116 valence electrons. The molecule has 0 spiro atoms. The van der Waals surface area contributed by atoms with E-state index in [-0.39, 0.29) is 23.2 Å². The van der Waals surface area contributed by atoms with E-state index in [1.54, 1.807) is 0 Å². The van der Waals surface area contributed by atoms with Gasteiger partial charge in [-0.2, -0.15) is 0 Å². The number of hydrogen-bond donors (Lipinski definition) is 2. The molecule has 4 nitrogen and oxygen atoms in total. The molecule has 1 saturated heterocycles. The molecule has 2 amide bonds. The molecule has 0 bridgehead atoms. The molecule has 1 aromatic carbocycles. The molecule has 0 saturated carbocycles. The first-order valence-electron chi connectivity index (χ1n) is 7.25. The van der Waals surface area contributed by atoms with E-state index in [9.17, 15) is 4.79 Å². The van der Waals surface area contributed by atoms with Gasteiger partial charge in [-0.05, 0) is 68.6 Å². The molecule has 1 aliphatic rings. The monoisotopic (exact) mass is 353 g/mol. The molecule has 1 aliphatic heterocycles. The Morgan fingerprint density at radius 2 is 1.76 bits per heavy atom. The highest BCUT2D eigenvalue weighted by molar-refractivity contribution is 9.10. The normalized spacial score (nSPS) is 21.1. The minimum absolute atomic E-state index is 0.0798. The van der Waals surface area contributed by atoms with Gasteiger partial charge in [0, 0.05) is 21.6 Å². The quantitative estimate of drug-likeness (QED) is 0.802. The van der Waals surface area contributed by atoms with Crippen LogP contribution in [0.1, 0.15) is 40.5 Å². The first kappa shape index (κ1) is 16.3. The number of carbonyl (C=O) groups is 1. The van der Waals surface area contributed by atoms with Crippen molar-refractivity contribution in [2.45, 2.75) is 57.7 Å². The van der Waals surface area contributed by atoms with Gasteiger partial charge in [0.2, 0.25) is 0 Å². The Labute approximate surface area is 135 Å². The lowest BCUT2D eigenvalue weighted by Gasteiger charge is -2.54. The van der Waals surface area contributed by atoms with Gasteiger partial charge in [-0.3, -0.25) is 0 Å². The SMILES string of the molecule is CC1(C)CC(N)CC(C)(C)N1C(=O)Nc1ccccc1Br. The summed E-state index contributed by atoms with van der Waals surface area (Å²) in [5.74, 6) is 0. The van der Waals surface area contributed by atoms with Gasteiger partial charge in [-0.15, -0.1) is 0 Å². The average Bonchev–Trinajstić information content (AvgIpc) is 2.27. The lowest BCUT2D eigenvalue weighted by molar-refractivity contribution is 0.00876. The largest absolute Gasteiger partial charge is 0.328 e. The van der Waals surface area contributed by atoms with Crippen molar-refractivity contribution in [3.05, 3.63) is 28.7 Å². The predicted octanol–water partition coefficient (Wildman–Crippen LogP) is 3.96. The van der Waals surface area contributed by atoms with Gasteiger partial charge in [-0.1, -0.05) is 12.1 Å². The molecular formula is C16H24BrN3O. The fourth-order valence-electron chi connectivity index (χ4n) is 3.64. The molecule has 0 atom stereocenters. The fourth-order valence-corrected chi connectivity index (χ4v) is 4.02. The smallest absolute Gasteiger partial charge is 0.322 e. The van der Waals surface area contributed by atoms with E-state index in [0.29, 0.717) is 0 Å². The molecule has 3 N–H and O–H groups in total. The van der Waals surface area contributed by atoms with Crippen LogP contribution in [0, 0.1) is 0 Å². The number of rotatable bonds is 1. The number of halogens is 1. The van der Waals surface area contributed by atoms with Gasteiger partial charge in [0.1, 0.15) is 0 Å². The van der Waals surface area contributed by atoms with Crippen LogP contribution in [0.2, 0.25) is 0 Å². The zero-order chi connectivity index (χ0) is 15.8. The Bertz CT molecular complexity index is 524. The molecular weight excluding hydrogens is 330 g/mol. The maximum Gasteiger partial charge on any atom is 0.322 e. The van der Waals surface area contributed by atoms with Crippen molar-refractivity contribution in [1.82, 2.24) is 4.90 Å². The number of nitrogens with one attached hydrogen (secondary N) is 1. The molecule has 0 aliphatic carbocycles. The van der Waals surface area contributed by atoms with Gasteiger partial charge >= 0.3 is 6.03 Å². The maximum atomic E-state index is 12.8. The van der Waals surface area contributed by atoms with E-state index in [1.165, 1.54) is 0 Å². The van der Waals surface area contributed by atoms with E-state index < -0.39 is 0 Å². The van der Waals surface area contributed by atoms with Crippen LogP contribution in [-0.2, 0) is 0 Å². The van der Waals surface area contributed by atoms with Crippen LogP contribution in [0.25, 0.3) is 0 Å². The third kappa shape index (κ3) is 3.40. The van der Waals surface area contributed by atoms with Crippen molar-refractivity contribution in [3.63, 3.8) is 0 Å². The van der Waals surface area contributed by atoms with Gasteiger partial charge in [-0.25, -0.2) is 4.79 Å². The van der Waals surface area contributed by atoms with Gasteiger partial charge in [0.05, 0.1) is 5.69 Å². The van der Waals surface area contributed by atoms with Crippen molar-refractivity contribution in [2.24, 2.45) is 5.73 Å². The highest BCUT2D eigenvalue weighted by Crippen LogP contribution is 2.38. The zero-order valence-electron chi connectivity index (χ0n) is 13.1. The molecule has 0 radical (unpaired) electrons. The Hall–Kier alpha value is -1.07. The zero-order valence-corrected chi connectivity index (χ0v) is 14.7. The van der Waals surface area contributed by atoms with Gasteiger partial charge in [0.15, 0.2) is 0 Å². The topological polar surface area (TPSA) is 58.4 Å². The molecule has 0 aromatic heterocycles. The number of nitrogens with two attached hydrogens (primary N) is 1. The summed E-state index contributed by atoms with van der Waals surface area (Å²) < 4.78 is 0.877. The van der Waals surface area contributed by atoms with Crippen LogP contribution in [0.15, 0.2) is 28.7 Å². The minimum atomic E-state index is -0.271. The van der Waals surface area contributed by atoms with Crippen LogP contribution in [0.4, 0.5) is 10.5 Å². The molecule has 1 heterocycles. The number of benzene rings is 1. The molecule has 1 aromatic rings. The van der Waals surface area contributed by atoms with Crippen molar-refractivity contribution < 1.29 is 4.79 Å².